The Hall–Kier alpha value is -3.52. The summed E-state index contributed by atoms with van der Waals surface area (Å²) in [6.07, 6.45) is 4.55. The molecular weight excluding hydrogens is 316 g/mol. The molecule has 0 saturated carbocycles. The van der Waals surface area contributed by atoms with Crippen LogP contribution in [0.15, 0.2) is 48.5 Å². The van der Waals surface area contributed by atoms with Gasteiger partial charge in [0.15, 0.2) is 5.78 Å². The molecule has 2 aliphatic carbocycles. The standard InChI is InChI=1S/C20H12N2O3/c21-11-17-15-5-1-3-12-4-2-6-16(18(12)15)20(23)19(17)13-7-9-14(10-8-13)22(24)25/h1-5,7-10,16H,6H2. The Balaban J connectivity index is 1.96. The SMILES string of the molecule is N#CC1=C(c2ccc([N+](=O)[O-])cc2)C(=O)C2CC=Cc3cccc1c32. The number of allylic oxidation sites excluding steroid dienone is 3. The molecule has 0 radical (unpaired) electrons. The van der Waals surface area contributed by atoms with E-state index in [1.165, 1.54) is 24.3 Å². The number of nitrogens with zero attached hydrogens (tertiary/aromatic N) is 2. The molecule has 0 saturated heterocycles. The second-order valence-corrected chi connectivity index (χ2v) is 6.03. The third-order valence-electron chi connectivity index (χ3n) is 4.72. The van der Waals surface area contributed by atoms with Gasteiger partial charge in [-0.25, -0.2) is 0 Å². The lowest BCUT2D eigenvalue weighted by molar-refractivity contribution is -0.384. The van der Waals surface area contributed by atoms with Crippen molar-refractivity contribution in [2.24, 2.45) is 0 Å². The number of nitriles is 1. The summed E-state index contributed by atoms with van der Waals surface area (Å²) in [6.45, 7) is 0. The normalized spacial score (nSPS) is 17.9. The molecule has 2 aromatic carbocycles. The molecule has 120 valence electrons. The predicted octanol–water partition coefficient (Wildman–Crippen LogP) is 4.11. The Labute approximate surface area is 143 Å². The summed E-state index contributed by atoms with van der Waals surface area (Å²) in [6, 6.07) is 13.7. The number of carbonyl (C=O) groups is 1. The third-order valence-corrected chi connectivity index (χ3v) is 4.72. The second kappa shape index (κ2) is 5.53. The molecule has 0 heterocycles. The summed E-state index contributed by atoms with van der Waals surface area (Å²) in [4.78, 5) is 23.5. The topological polar surface area (TPSA) is 84.0 Å². The lowest BCUT2D eigenvalue weighted by Gasteiger charge is -2.29. The van der Waals surface area contributed by atoms with Crippen molar-refractivity contribution >= 4 is 28.7 Å². The van der Waals surface area contributed by atoms with E-state index < -0.39 is 4.92 Å². The van der Waals surface area contributed by atoms with E-state index in [4.69, 9.17) is 0 Å². The van der Waals surface area contributed by atoms with E-state index in [9.17, 15) is 20.2 Å². The Morgan fingerprint density at radius 3 is 2.60 bits per heavy atom. The van der Waals surface area contributed by atoms with Crippen LogP contribution in [0.2, 0.25) is 0 Å². The molecule has 0 aromatic heterocycles. The lowest BCUT2D eigenvalue weighted by Crippen LogP contribution is -2.23. The van der Waals surface area contributed by atoms with Gasteiger partial charge in [-0.2, -0.15) is 5.26 Å². The van der Waals surface area contributed by atoms with Gasteiger partial charge >= 0.3 is 0 Å². The molecule has 5 nitrogen and oxygen atoms in total. The number of ketones is 1. The molecule has 0 bridgehead atoms. The van der Waals surface area contributed by atoms with Crippen molar-refractivity contribution in [1.82, 2.24) is 0 Å². The van der Waals surface area contributed by atoms with Crippen LogP contribution in [0.3, 0.4) is 0 Å². The summed E-state index contributed by atoms with van der Waals surface area (Å²) in [5.74, 6) is -0.409. The molecule has 1 unspecified atom stereocenters. The van der Waals surface area contributed by atoms with Crippen molar-refractivity contribution in [1.29, 1.82) is 5.26 Å². The van der Waals surface area contributed by atoms with Gasteiger partial charge < -0.3 is 0 Å². The van der Waals surface area contributed by atoms with Crippen molar-refractivity contribution in [3.63, 3.8) is 0 Å². The Morgan fingerprint density at radius 1 is 1.16 bits per heavy atom. The average Bonchev–Trinajstić information content (AvgIpc) is 2.64. The molecule has 1 atom stereocenters. The van der Waals surface area contributed by atoms with E-state index in [1.807, 2.05) is 30.4 Å². The third kappa shape index (κ3) is 2.19. The highest BCUT2D eigenvalue weighted by Crippen LogP contribution is 2.45. The molecule has 2 aliphatic rings. The molecule has 0 fully saturated rings. The predicted molar refractivity (Wildman–Crippen MR) is 93.4 cm³/mol. The molecule has 2 aromatic rings. The van der Waals surface area contributed by atoms with Crippen molar-refractivity contribution in [3.05, 3.63) is 80.9 Å². The van der Waals surface area contributed by atoms with Gasteiger partial charge in [0.1, 0.15) is 6.07 Å². The summed E-state index contributed by atoms with van der Waals surface area (Å²) in [7, 11) is 0. The number of nitro benzene ring substituents is 1. The minimum Gasteiger partial charge on any atom is -0.293 e. The van der Waals surface area contributed by atoms with Crippen LogP contribution < -0.4 is 0 Å². The number of Topliss-reactive ketones (excluding diaryl/α,β-unsaturated/α-hetero) is 1. The highest BCUT2D eigenvalue weighted by Gasteiger charge is 2.36. The number of rotatable bonds is 2. The summed E-state index contributed by atoms with van der Waals surface area (Å²) in [5.41, 5.74) is 3.84. The second-order valence-electron chi connectivity index (χ2n) is 6.03. The monoisotopic (exact) mass is 328 g/mol. The van der Waals surface area contributed by atoms with Crippen LogP contribution in [0, 0.1) is 21.4 Å². The van der Waals surface area contributed by atoms with Crippen LogP contribution >= 0.6 is 0 Å². The van der Waals surface area contributed by atoms with Crippen molar-refractivity contribution in [3.8, 4) is 6.07 Å². The van der Waals surface area contributed by atoms with Gasteiger partial charge in [-0.05, 0) is 40.8 Å². The largest absolute Gasteiger partial charge is 0.293 e. The van der Waals surface area contributed by atoms with E-state index in [-0.39, 0.29) is 17.4 Å². The molecule has 0 amide bonds. The zero-order valence-corrected chi connectivity index (χ0v) is 13.1. The molecular formula is C20H12N2O3. The van der Waals surface area contributed by atoms with E-state index in [0.717, 1.165) is 16.7 Å². The maximum Gasteiger partial charge on any atom is 0.269 e. The van der Waals surface area contributed by atoms with E-state index >= 15 is 0 Å². The first-order chi connectivity index (χ1) is 12.1. The quantitative estimate of drug-likeness (QED) is 0.613. The Kier molecular flexibility index (Phi) is 3.33. The van der Waals surface area contributed by atoms with Gasteiger partial charge in [-0.1, -0.05) is 30.4 Å². The van der Waals surface area contributed by atoms with Crippen LogP contribution in [0.25, 0.3) is 17.2 Å². The molecule has 5 heteroatoms. The van der Waals surface area contributed by atoms with E-state index in [2.05, 4.69) is 6.07 Å². The van der Waals surface area contributed by atoms with E-state index in [1.54, 1.807) is 0 Å². The van der Waals surface area contributed by atoms with Crippen molar-refractivity contribution < 1.29 is 9.72 Å². The maximum atomic E-state index is 13.1. The number of carbonyl (C=O) groups excluding carboxylic acids is 1. The first-order valence-corrected chi connectivity index (χ1v) is 7.85. The number of non-ortho nitro benzene ring substituents is 1. The van der Waals surface area contributed by atoms with Gasteiger partial charge in [0, 0.05) is 17.7 Å². The number of hydrogen-bond acceptors (Lipinski definition) is 4. The summed E-state index contributed by atoms with van der Waals surface area (Å²) >= 11 is 0. The van der Waals surface area contributed by atoms with Crippen molar-refractivity contribution in [2.75, 3.05) is 0 Å². The van der Waals surface area contributed by atoms with Gasteiger partial charge in [-0.15, -0.1) is 0 Å². The molecule has 25 heavy (non-hydrogen) atoms. The fourth-order valence-corrected chi connectivity index (χ4v) is 3.61. The highest BCUT2D eigenvalue weighted by atomic mass is 16.6. The molecule has 0 aliphatic heterocycles. The molecule has 0 N–H and O–H groups in total. The van der Waals surface area contributed by atoms with Crippen LogP contribution in [-0.2, 0) is 4.79 Å². The number of benzene rings is 2. The van der Waals surface area contributed by atoms with Crippen molar-refractivity contribution in [2.45, 2.75) is 12.3 Å². The smallest absolute Gasteiger partial charge is 0.269 e. The summed E-state index contributed by atoms with van der Waals surface area (Å²) < 4.78 is 0. The van der Waals surface area contributed by atoms with Crippen LogP contribution in [0.5, 0.6) is 0 Å². The minimum atomic E-state index is -0.487. The fourth-order valence-electron chi connectivity index (χ4n) is 3.61. The fraction of sp³-hybridized carbons (Fsp3) is 0.100. The van der Waals surface area contributed by atoms with Crippen LogP contribution in [0.4, 0.5) is 5.69 Å². The van der Waals surface area contributed by atoms with Gasteiger partial charge in [0.05, 0.1) is 16.4 Å². The van der Waals surface area contributed by atoms with Gasteiger partial charge in [-0.3, -0.25) is 14.9 Å². The van der Waals surface area contributed by atoms with Gasteiger partial charge in [0.25, 0.3) is 5.69 Å². The zero-order valence-electron chi connectivity index (χ0n) is 13.1. The number of hydrogen-bond donors (Lipinski definition) is 0. The summed E-state index contributed by atoms with van der Waals surface area (Å²) in [5, 5.41) is 20.6. The minimum absolute atomic E-state index is 0.0468. The Bertz CT molecular complexity index is 1020. The Morgan fingerprint density at radius 2 is 1.92 bits per heavy atom. The zero-order chi connectivity index (χ0) is 17.6. The maximum absolute atomic E-state index is 13.1. The molecule has 4 rings (SSSR count). The number of nitro groups is 1. The average molecular weight is 328 g/mol. The van der Waals surface area contributed by atoms with E-state index in [0.29, 0.717) is 23.1 Å². The van der Waals surface area contributed by atoms with Gasteiger partial charge in [0.2, 0.25) is 0 Å². The lowest BCUT2D eigenvalue weighted by atomic mass is 9.71. The van der Waals surface area contributed by atoms with Crippen LogP contribution in [0.1, 0.15) is 34.6 Å². The molecule has 0 spiro atoms. The first kappa shape index (κ1) is 15.0. The first-order valence-electron chi connectivity index (χ1n) is 7.85. The van der Waals surface area contributed by atoms with Crippen LogP contribution in [-0.4, -0.2) is 10.7 Å². The highest BCUT2D eigenvalue weighted by molar-refractivity contribution is 6.34.